The Kier molecular flexibility index (Phi) is 4.43. The van der Waals surface area contributed by atoms with Gasteiger partial charge in [0.05, 0.1) is 22.7 Å². The number of carbonyl (C=O) groups excluding carboxylic acids is 3. The molecule has 2 aromatic rings. The minimum absolute atomic E-state index is 0.189. The lowest BCUT2D eigenvalue weighted by atomic mass is 9.97. The molecule has 3 amide bonds. The number of benzene rings is 2. The van der Waals surface area contributed by atoms with Gasteiger partial charge >= 0.3 is 5.97 Å². The molecule has 0 radical (unpaired) electrons. The fourth-order valence-electron chi connectivity index (χ4n) is 3.72. The number of hydrogen-bond acceptors (Lipinski definition) is 4. The van der Waals surface area contributed by atoms with Crippen molar-refractivity contribution in [3.63, 3.8) is 0 Å². The van der Waals surface area contributed by atoms with Crippen molar-refractivity contribution in [1.82, 2.24) is 4.90 Å². The number of imide groups is 1. The van der Waals surface area contributed by atoms with Gasteiger partial charge in [-0.3, -0.25) is 19.2 Å². The smallest absolute Gasteiger partial charge is 0.308 e. The quantitative estimate of drug-likeness (QED) is 0.828. The van der Waals surface area contributed by atoms with E-state index >= 15 is 0 Å². The zero-order chi connectivity index (χ0) is 19.8. The van der Waals surface area contributed by atoms with Crippen LogP contribution in [0, 0.1) is 5.92 Å². The van der Waals surface area contributed by atoms with Crippen molar-refractivity contribution in [1.29, 1.82) is 0 Å². The highest BCUT2D eigenvalue weighted by molar-refractivity contribution is 6.34. The first kappa shape index (κ1) is 17.9. The van der Waals surface area contributed by atoms with Gasteiger partial charge in [-0.15, -0.1) is 0 Å². The molecule has 2 aliphatic heterocycles. The van der Waals surface area contributed by atoms with Crippen LogP contribution >= 0.6 is 0 Å². The molecule has 2 aliphatic rings. The van der Waals surface area contributed by atoms with E-state index in [4.69, 9.17) is 0 Å². The Hall–Kier alpha value is -3.48. The number of hydrogen-bond donors (Lipinski definition) is 1. The van der Waals surface area contributed by atoms with E-state index in [1.807, 2.05) is 0 Å². The summed E-state index contributed by atoms with van der Waals surface area (Å²) in [5, 5.41) is 9.18. The SMILES string of the molecule is O=C(O)[C@@H]1CCCN(C(=O)c2ccc(N3C(=O)c4ccccc4C3=O)cc2)C1. The molecular weight excluding hydrogens is 360 g/mol. The van der Waals surface area contributed by atoms with Crippen LogP contribution in [0.2, 0.25) is 0 Å². The maximum atomic E-state index is 12.7. The molecule has 7 heteroatoms. The number of carbonyl (C=O) groups is 4. The van der Waals surface area contributed by atoms with Crippen LogP contribution in [0.3, 0.4) is 0 Å². The maximum absolute atomic E-state index is 12.7. The first-order valence-corrected chi connectivity index (χ1v) is 9.07. The maximum Gasteiger partial charge on any atom is 0.308 e. The molecule has 4 rings (SSSR count). The van der Waals surface area contributed by atoms with E-state index in [-0.39, 0.29) is 24.3 Å². The summed E-state index contributed by atoms with van der Waals surface area (Å²) in [4.78, 5) is 51.6. The second-order valence-corrected chi connectivity index (χ2v) is 6.97. The summed E-state index contributed by atoms with van der Waals surface area (Å²) >= 11 is 0. The minimum Gasteiger partial charge on any atom is -0.481 e. The van der Waals surface area contributed by atoms with E-state index in [1.54, 1.807) is 53.4 Å². The van der Waals surface area contributed by atoms with Gasteiger partial charge in [0.1, 0.15) is 0 Å². The third-order valence-corrected chi connectivity index (χ3v) is 5.22. The summed E-state index contributed by atoms with van der Waals surface area (Å²) in [6.45, 7) is 0.705. The number of anilines is 1. The average Bonchev–Trinajstić information content (AvgIpc) is 2.98. The summed E-state index contributed by atoms with van der Waals surface area (Å²) in [7, 11) is 0. The van der Waals surface area contributed by atoms with E-state index in [0.717, 1.165) is 4.90 Å². The van der Waals surface area contributed by atoms with E-state index in [1.165, 1.54) is 0 Å². The predicted octanol–water partition coefficient (Wildman–Crippen LogP) is 2.42. The van der Waals surface area contributed by atoms with Crippen molar-refractivity contribution >= 4 is 29.4 Å². The molecule has 28 heavy (non-hydrogen) atoms. The fraction of sp³-hybridized carbons (Fsp3) is 0.238. The molecule has 1 saturated heterocycles. The lowest BCUT2D eigenvalue weighted by molar-refractivity contribution is -0.143. The van der Waals surface area contributed by atoms with Crippen molar-refractivity contribution in [2.75, 3.05) is 18.0 Å². The Bertz CT molecular complexity index is 948. The highest BCUT2D eigenvalue weighted by atomic mass is 16.4. The van der Waals surface area contributed by atoms with Crippen LogP contribution < -0.4 is 4.90 Å². The van der Waals surface area contributed by atoms with Crippen molar-refractivity contribution in [3.8, 4) is 0 Å². The Labute approximate surface area is 161 Å². The molecule has 142 valence electrons. The second-order valence-electron chi connectivity index (χ2n) is 6.97. The summed E-state index contributed by atoms with van der Waals surface area (Å²) in [5.41, 5.74) is 1.51. The van der Waals surface area contributed by atoms with Gasteiger partial charge in [0.25, 0.3) is 17.7 Å². The summed E-state index contributed by atoms with van der Waals surface area (Å²) < 4.78 is 0. The number of fused-ring (bicyclic) bond motifs is 1. The first-order valence-electron chi connectivity index (χ1n) is 9.07. The molecule has 1 fully saturated rings. The molecule has 0 bridgehead atoms. The van der Waals surface area contributed by atoms with Gasteiger partial charge in [-0.2, -0.15) is 0 Å². The van der Waals surface area contributed by atoms with Gasteiger partial charge in [0, 0.05) is 18.7 Å². The van der Waals surface area contributed by atoms with E-state index in [9.17, 15) is 24.3 Å². The zero-order valence-corrected chi connectivity index (χ0v) is 15.0. The Morgan fingerprint density at radius 1 is 0.929 bits per heavy atom. The molecular formula is C21H18N2O5. The monoisotopic (exact) mass is 378 g/mol. The first-order chi connectivity index (χ1) is 13.5. The molecule has 0 spiro atoms. The number of likely N-dealkylation sites (tertiary alicyclic amines) is 1. The molecule has 0 aromatic heterocycles. The van der Waals surface area contributed by atoms with Crippen LogP contribution in [0.4, 0.5) is 5.69 Å². The van der Waals surface area contributed by atoms with Gasteiger partial charge in [0.15, 0.2) is 0 Å². The number of amides is 3. The van der Waals surface area contributed by atoms with Crippen LogP contribution in [0.1, 0.15) is 43.9 Å². The van der Waals surface area contributed by atoms with Gasteiger partial charge in [-0.1, -0.05) is 12.1 Å². The van der Waals surface area contributed by atoms with Crippen LogP contribution in [-0.2, 0) is 4.79 Å². The highest BCUT2D eigenvalue weighted by Crippen LogP contribution is 2.28. The lowest BCUT2D eigenvalue weighted by Crippen LogP contribution is -2.42. The molecule has 0 aliphatic carbocycles. The Morgan fingerprint density at radius 3 is 2.11 bits per heavy atom. The fourth-order valence-corrected chi connectivity index (χ4v) is 3.72. The molecule has 0 saturated carbocycles. The zero-order valence-electron chi connectivity index (χ0n) is 15.0. The third kappa shape index (κ3) is 2.94. The second kappa shape index (κ2) is 6.92. The highest BCUT2D eigenvalue weighted by Gasteiger charge is 2.36. The number of piperidine rings is 1. The molecule has 1 atom stereocenters. The number of aliphatic carboxylic acids is 1. The number of rotatable bonds is 3. The summed E-state index contributed by atoms with van der Waals surface area (Å²) in [6.07, 6.45) is 1.22. The normalized spacial score (nSPS) is 18.9. The van der Waals surface area contributed by atoms with Crippen LogP contribution in [-0.4, -0.2) is 46.8 Å². The van der Waals surface area contributed by atoms with Gasteiger partial charge in [0.2, 0.25) is 0 Å². The van der Waals surface area contributed by atoms with Crippen LogP contribution in [0.25, 0.3) is 0 Å². The minimum atomic E-state index is -0.890. The molecule has 7 nitrogen and oxygen atoms in total. The average molecular weight is 378 g/mol. The molecule has 2 aromatic carbocycles. The largest absolute Gasteiger partial charge is 0.481 e. The third-order valence-electron chi connectivity index (χ3n) is 5.22. The van der Waals surface area contributed by atoms with Crippen LogP contribution in [0.5, 0.6) is 0 Å². The van der Waals surface area contributed by atoms with E-state index in [2.05, 4.69) is 0 Å². The topological polar surface area (TPSA) is 95.0 Å². The van der Waals surface area contributed by atoms with Crippen molar-refractivity contribution < 1.29 is 24.3 Å². The van der Waals surface area contributed by atoms with Gasteiger partial charge < -0.3 is 10.0 Å². The molecule has 0 unspecified atom stereocenters. The van der Waals surface area contributed by atoms with Crippen molar-refractivity contribution in [2.45, 2.75) is 12.8 Å². The summed E-state index contributed by atoms with van der Waals surface area (Å²) in [5.74, 6) is -2.46. The predicted molar refractivity (Wildman–Crippen MR) is 100 cm³/mol. The number of carboxylic acid groups (broad SMARTS) is 1. The molecule has 2 heterocycles. The van der Waals surface area contributed by atoms with E-state index in [0.29, 0.717) is 41.8 Å². The van der Waals surface area contributed by atoms with Gasteiger partial charge in [-0.25, -0.2) is 4.90 Å². The summed E-state index contributed by atoms with van der Waals surface area (Å²) in [6, 6.07) is 12.9. The standard InChI is InChI=1S/C21H18N2O5/c24-18(22-11-3-4-14(12-22)21(27)28)13-7-9-15(10-8-13)23-19(25)16-5-1-2-6-17(16)20(23)26/h1-2,5-10,14H,3-4,11-12H2,(H,27,28)/t14-/m1/s1. The number of carboxylic acids is 1. The molecule has 1 N–H and O–H groups in total. The lowest BCUT2D eigenvalue weighted by Gasteiger charge is -2.30. The van der Waals surface area contributed by atoms with Crippen molar-refractivity contribution in [3.05, 3.63) is 65.2 Å². The van der Waals surface area contributed by atoms with Crippen LogP contribution in [0.15, 0.2) is 48.5 Å². The Balaban J connectivity index is 1.53. The van der Waals surface area contributed by atoms with E-state index < -0.39 is 11.9 Å². The number of nitrogens with zero attached hydrogens (tertiary/aromatic N) is 2. The van der Waals surface area contributed by atoms with Crippen molar-refractivity contribution in [2.24, 2.45) is 5.92 Å². The van der Waals surface area contributed by atoms with Gasteiger partial charge in [-0.05, 0) is 49.2 Å². The Morgan fingerprint density at radius 2 is 1.54 bits per heavy atom.